The maximum atomic E-state index is 12.3. The summed E-state index contributed by atoms with van der Waals surface area (Å²) in [5, 5.41) is 6.31. The Kier molecular flexibility index (Phi) is 7.27. The molecule has 0 bridgehead atoms. The lowest BCUT2D eigenvalue weighted by molar-refractivity contribution is -0.274. The van der Waals surface area contributed by atoms with Crippen LogP contribution in [0.1, 0.15) is 18.4 Å². The van der Waals surface area contributed by atoms with Gasteiger partial charge >= 0.3 is 12.3 Å². The molecule has 0 amide bonds. The molecule has 0 radical (unpaired) electrons. The molecule has 1 aliphatic rings. The topological polar surface area (TPSA) is 85.4 Å². The number of hydrogen-bond acceptors (Lipinski definition) is 7. The average Bonchev–Trinajstić information content (AvgIpc) is 2.84. The number of rotatable bonds is 7. The Bertz CT molecular complexity index is 1080. The van der Waals surface area contributed by atoms with Crippen molar-refractivity contribution in [2.24, 2.45) is 5.92 Å². The van der Waals surface area contributed by atoms with E-state index >= 15 is 0 Å². The number of alkyl halides is 3. The largest absolute Gasteiger partial charge is 0.573 e. The van der Waals surface area contributed by atoms with Crippen LogP contribution in [-0.4, -0.2) is 35.4 Å². The van der Waals surface area contributed by atoms with Crippen molar-refractivity contribution in [2.45, 2.75) is 25.8 Å². The molecule has 10 heteroatoms. The molecule has 34 heavy (non-hydrogen) atoms. The Morgan fingerprint density at radius 3 is 2.24 bits per heavy atom. The van der Waals surface area contributed by atoms with E-state index in [-0.39, 0.29) is 24.2 Å². The zero-order valence-electron chi connectivity index (χ0n) is 18.1. The van der Waals surface area contributed by atoms with Crippen LogP contribution in [0.5, 0.6) is 5.75 Å². The van der Waals surface area contributed by atoms with Crippen LogP contribution in [0, 0.1) is 5.92 Å². The van der Waals surface area contributed by atoms with E-state index in [1.165, 1.54) is 24.3 Å². The van der Waals surface area contributed by atoms with Crippen LogP contribution < -0.4 is 15.4 Å². The summed E-state index contributed by atoms with van der Waals surface area (Å²) in [5.41, 5.74) is 2.94. The quantitative estimate of drug-likeness (QED) is 0.477. The molecule has 2 N–H and O–H groups in total. The van der Waals surface area contributed by atoms with Crippen LogP contribution in [0.2, 0.25) is 0 Å². The van der Waals surface area contributed by atoms with Gasteiger partial charge in [-0.15, -0.1) is 13.2 Å². The van der Waals surface area contributed by atoms with Gasteiger partial charge in [-0.1, -0.05) is 24.3 Å². The van der Waals surface area contributed by atoms with Crippen molar-refractivity contribution in [2.75, 3.05) is 18.4 Å². The number of ether oxygens (including phenoxy) is 2. The van der Waals surface area contributed by atoms with Crippen LogP contribution in [0.4, 0.5) is 24.8 Å². The van der Waals surface area contributed by atoms with Gasteiger partial charge in [0.2, 0.25) is 5.95 Å². The zero-order valence-corrected chi connectivity index (χ0v) is 18.1. The first-order valence-corrected chi connectivity index (χ1v) is 10.8. The highest BCUT2D eigenvalue weighted by Crippen LogP contribution is 2.26. The Morgan fingerprint density at radius 1 is 0.971 bits per heavy atom. The van der Waals surface area contributed by atoms with Crippen molar-refractivity contribution in [1.82, 2.24) is 15.3 Å². The fourth-order valence-electron chi connectivity index (χ4n) is 3.53. The summed E-state index contributed by atoms with van der Waals surface area (Å²) in [6.45, 7) is 1.90. The number of nitrogens with one attached hydrogen (secondary N) is 2. The van der Waals surface area contributed by atoms with Gasteiger partial charge in [-0.05, 0) is 61.3 Å². The third-order valence-corrected chi connectivity index (χ3v) is 5.34. The molecule has 0 saturated carbocycles. The number of carbonyl (C=O) groups is 1. The smallest absolute Gasteiger partial charge is 0.461 e. The van der Waals surface area contributed by atoms with Gasteiger partial charge in [-0.25, -0.2) is 9.97 Å². The van der Waals surface area contributed by atoms with Gasteiger partial charge < -0.3 is 20.1 Å². The lowest BCUT2D eigenvalue weighted by Gasteiger charge is -2.21. The van der Waals surface area contributed by atoms with Gasteiger partial charge in [0.25, 0.3) is 0 Å². The minimum Gasteiger partial charge on any atom is -0.461 e. The fraction of sp³-hybridized carbons (Fsp3) is 0.292. The maximum Gasteiger partial charge on any atom is 0.573 e. The monoisotopic (exact) mass is 472 g/mol. The van der Waals surface area contributed by atoms with Gasteiger partial charge in [0.1, 0.15) is 12.4 Å². The van der Waals surface area contributed by atoms with Gasteiger partial charge in [-0.3, -0.25) is 4.79 Å². The predicted molar refractivity (Wildman–Crippen MR) is 119 cm³/mol. The van der Waals surface area contributed by atoms with E-state index in [4.69, 9.17) is 4.74 Å². The van der Waals surface area contributed by atoms with Crippen LogP contribution in [0.3, 0.4) is 0 Å². The summed E-state index contributed by atoms with van der Waals surface area (Å²) in [6.07, 6.45) is 0.0249. The van der Waals surface area contributed by atoms with E-state index in [1.807, 2.05) is 24.3 Å². The molecule has 1 saturated heterocycles. The molecule has 178 valence electrons. The molecule has 4 rings (SSSR count). The molecule has 0 spiro atoms. The number of anilines is 2. The highest BCUT2D eigenvalue weighted by atomic mass is 19.4. The van der Waals surface area contributed by atoms with E-state index < -0.39 is 6.36 Å². The first-order chi connectivity index (χ1) is 16.4. The van der Waals surface area contributed by atoms with E-state index in [1.54, 1.807) is 12.4 Å². The molecule has 7 nitrogen and oxygen atoms in total. The lowest BCUT2D eigenvalue weighted by Crippen LogP contribution is -2.32. The predicted octanol–water partition coefficient (Wildman–Crippen LogP) is 4.83. The number of halogens is 3. The van der Waals surface area contributed by atoms with Crippen LogP contribution in [-0.2, 0) is 16.1 Å². The molecule has 3 aromatic rings. The normalized spacial score (nSPS) is 14.4. The highest BCUT2D eigenvalue weighted by molar-refractivity contribution is 5.72. The summed E-state index contributed by atoms with van der Waals surface area (Å²) >= 11 is 0. The molecular weight excluding hydrogens is 449 g/mol. The van der Waals surface area contributed by atoms with E-state index in [0.29, 0.717) is 17.1 Å². The van der Waals surface area contributed by atoms with Crippen molar-refractivity contribution in [3.05, 3.63) is 66.5 Å². The maximum absolute atomic E-state index is 12.3. The zero-order chi connectivity index (χ0) is 24.0. The van der Waals surface area contributed by atoms with Crippen molar-refractivity contribution >= 4 is 17.6 Å². The van der Waals surface area contributed by atoms with E-state index in [9.17, 15) is 18.0 Å². The number of hydrogen-bond donors (Lipinski definition) is 2. The Labute approximate surface area is 194 Å². The van der Waals surface area contributed by atoms with Crippen LogP contribution in [0.15, 0.2) is 60.9 Å². The van der Waals surface area contributed by atoms with Crippen molar-refractivity contribution in [3.63, 3.8) is 0 Å². The molecule has 0 unspecified atom stereocenters. The Balaban J connectivity index is 1.29. The van der Waals surface area contributed by atoms with Gasteiger partial charge in [0.05, 0.1) is 5.92 Å². The summed E-state index contributed by atoms with van der Waals surface area (Å²) in [7, 11) is 0. The van der Waals surface area contributed by atoms with Gasteiger partial charge in [0.15, 0.2) is 0 Å². The average molecular weight is 472 g/mol. The molecule has 2 aromatic carbocycles. The van der Waals surface area contributed by atoms with Crippen LogP contribution >= 0.6 is 0 Å². The summed E-state index contributed by atoms with van der Waals surface area (Å²) in [5.74, 6) is -0.112. The standard InChI is InChI=1S/C24H23F3N4O3/c25-24(26,27)34-21-7-3-17(4-8-21)19-13-29-23(30-14-19)31-20-5-1-16(2-6-20)15-33-22(32)18-9-11-28-12-10-18/h1-8,13-14,18,28H,9-12,15H2,(H,29,30,31). The molecule has 0 atom stereocenters. The molecule has 1 aliphatic heterocycles. The first kappa shape index (κ1) is 23.5. The third kappa shape index (κ3) is 6.67. The molecule has 1 fully saturated rings. The number of benzene rings is 2. The van der Waals surface area contributed by atoms with Gasteiger partial charge in [0, 0.05) is 23.6 Å². The first-order valence-electron chi connectivity index (χ1n) is 10.8. The number of piperidine rings is 1. The number of nitrogens with zero attached hydrogens (tertiary/aromatic N) is 2. The van der Waals surface area contributed by atoms with Crippen LogP contribution in [0.25, 0.3) is 11.1 Å². The van der Waals surface area contributed by atoms with Crippen molar-refractivity contribution in [3.8, 4) is 16.9 Å². The third-order valence-electron chi connectivity index (χ3n) is 5.34. The van der Waals surface area contributed by atoms with Crippen molar-refractivity contribution in [1.29, 1.82) is 0 Å². The second kappa shape index (κ2) is 10.5. The second-order valence-corrected chi connectivity index (χ2v) is 7.82. The summed E-state index contributed by atoms with van der Waals surface area (Å²) in [6, 6.07) is 12.9. The second-order valence-electron chi connectivity index (χ2n) is 7.82. The molecular formula is C24H23F3N4O3. The number of aromatic nitrogens is 2. The minimum atomic E-state index is -4.73. The Hall–Kier alpha value is -3.66. The van der Waals surface area contributed by atoms with E-state index in [0.717, 1.165) is 37.2 Å². The SMILES string of the molecule is O=C(OCc1ccc(Nc2ncc(-c3ccc(OC(F)(F)F)cc3)cn2)cc1)C1CCNCC1. The highest BCUT2D eigenvalue weighted by Gasteiger charge is 2.31. The molecule has 2 heterocycles. The number of carbonyl (C=O) groups excluding carboxylic acids is 1. The fourth-order valence-corrected chi connectivity index (χ4v) is 3.53. The lowest BCUT2D eigenvalue weighted by atomic mass is 9.98. The molecule has 1 aromatic heterocycles. The summed E-state index contributed by atoms with van der Waals surface area (Å²) < 4.78 is 46.2. The molecule has 0 aliphatic carbocycles. The Morgan fingerprint density at radius 2 is 1.62 bits per heavy atom. The minimum absolute atomic E-state index is 0.0338. The van der Waals surface area contributed by atoms with E-state index in [2.05, 4.69) is 25.3 Å². The number of esters is 1. The van der Waals surface area contributed by atoms with Crippen molar-refractivity contribution < 1.29 is 27.4 Å². The summed E-state index contributed by atoms with van der Waals surface area (Å²) in [4.78, 5) is 20.7. The van der Waals surface area contributed by atoms with Gasteiger partial charge in [-0.2, -0.15) is 0 Å².